The van der Waals surface area contributed by atoms with Crippen LogP contribution in [0.5, 0.6) is 0 Å². The molecule has 0 radical (unpaired) electrons. The van der Waals surface area contributed by atoms with E-state index < -0.39 is 21.0 Å². The second-order valence-corrected chi connectivity index (χ2v) is 11.1. The molecule has 4 rings (SSSR count). The zero-order valence-electron chi connectivity index (χ0n) is 17.8. The minimum absolute atomic E-state index is 0.0661. The second-order valence-electron chi connectivity index (χ2n) is 9.58. The van der Waals surface area contributed by atoms with Gasteiger partial charge in [-0.05, 0) is 62.4 Å². The van der Waals surface area contributed by atoms with Gasteiger partial charge in [0.2, 0.25) is 0 Å². The summed E-state index contributed by atoms with van der Waals surface area (Å²) in [5.74, 6) is -0.00240. The highest BCUT2D eigenvalue weighted by atomic mass is 32.2. The van der Waals surface area contributed by atoms with Gasteiger partial charge in [-0.15, -0.1) is 0 Å². The summed E-state index contributed by atoms with van der Waals surface area (Å²) in [6.07, 6.45) is 9.61. The van der Waals surface area contributed by atoms with Crippen LogP contribution in [0.15, 0.2) is 35.1 Å². The minimum atomic E-state index is -5.70. The molecule has 172 valence electrons. The molecule has 0 amide bonds. The first-order valence-electron chi connectivity index (χ1n) is 10.6. The highest BCUT2D eigenvalue weighted by Gasteiger charge is 2.57. The van der Waals surface area contributed by atoms with Gasteiger partial charge in [0.25, 0.3) is 0 Å². The fourth-order valence-electron chi connectivity index (χ4n) is 6.22. The van der Waals surface area contributed by atoms with Crippen LogP contribution in [-0.2, 0) is 23.8 Å². The van der Waals surface area contributed by atoms with Crippen LogP contribution in [0.4, 0.5) is 13.2 Å². The molecule has 4 aliphatic carbocycles. The van der Waals surface area contributed by atoms with Crippen LogP contribution >= 0.6 is 0 Å². The normalized spacial score (nSPS) is 37.5. The number of halogens is 3. The number of rotatable bonds is 3. The van der Waals surface area contributed by atoms with Crippen molar-refractivity contribution in [2.45, 2.75) is 70.9 Å². The Kier molecular flexibility index (Phi) is 5.15. The summed E-state index contributed by atoms with van der Waals surface area (Å²) in [6.45, 7) is 5.43. The Morgan fingerprint density at radius 3 is 2.52 bits per heavy atom. The molecule has 2 saturated carbocycles. The number of esters is 1. The molecule has 0 saturated heterocycles. The van der Waals surface area contributed by atoms with E-state index in [0.717, 1.165) is 31.3 Å². The lowest BCUT2D eigenvalue weighted by Crippen LogP contribution is -2.47. The third kappa shape index (κ3) is 3.52. The molecule has 31 heavy (non-hydrogen) atoms. The number of hydrogen-bond donors (Lipinski definition) is 0. The Morgan fingerprint density at radius 1 is 1.16 bits per heavy atom. The van der Waals surface area contributed by atoms with E-state index in [0.29, 0.717) is 18.8 Å². The van der Waals surface area contributed by atoms with E-state index in [1.807, 2.05) is 0 Å². The van der Waals surface area contributed by atoms with Crippen LogP contribution in [0, 0.1) is 22.7 Å². The smallest absolute Gasteiger partial charge is 0.462 e. The van der Waals surface area contributed by atoms with Crippen molar-refractivity contribution in [2.24, 2.45) is 22.7 Å². The number of ether oxygens (including phenoxy) is 1. The number of carbonyl (C=O) groups is 1. The van der Waals surface area contributed by atoms with Crippen molar-refractivity contribution in [1.82, 2.24) is 0 Å². The second kappa shape index (κ2) is 7.12. The first-order chi connectivity index (χ1) is 14.3. The zero-order chi connectivity index (χ0) is 22.8. The van der Waals surface area contributed by atoms with E-state index in [1.54, 1.807) is 13.0 Å². The molecule has 9 heteroatoms. The molecule has 0 heterocycles. The number of hydrogen-bond acceptors (Lipinski definition) is 5. The molecule has 5 nitrogen and oxygen atoms in total. The average molecular weight is 461 g/mol. The molecule has 0 N–H and O–H groups in total. The molecule has 0 aromatic rings. The quantitative estimate of drug-likeness (QED) is 0.252. The van der Waals surface area contributed by atoms with Crippen LogP contribution in [-0.4, -0.2) is 26.0 Å². The van der Waals surface area contributed by atoms with Crippen molar-refractivity contribution in [1.29, 1.82) is 0 Å². The molecule has 0 bridgehead atoms. The average Bonchev–Trinajstić information content (AvgIpc) is 2.96. The van der Waals surface area contributed by atoms with Gasteiger partial charge < -0.3 is 8.92 Å². The number of carbonyl (C=O) groups excluding carboxylic acids is 1. The fourth-order valence-corrected chi connectivity index (χ4v) is 6.79. The first kappa shape index (κ1) is 22.4. The van der Waals surface area contributed by atoms with E-state index in [4.69, 9.17) is 4.74 Å². The number of fused-ring (bicyclic) bond motifs is 5. The summed E-state index contributed by atoms with van der Waals surface area (Å²) in [7, 11) is -5.70. The van der Waals surface area contributed by atoms with Gasteiger partial charge in [-0.25, -0.2) is 0 Å². The highest BCUT2D eigenvalue weighted by molar-refractivity contribution is 7.87. The molecule has 0 aromatic heterocycles. The van der Waals surface area contributed by atoms with E-state index in [-0.39, 0.29) is 29.2 Å². The largest absolute Gasteiger partial charge is 0.534 e. The summed E-state index contributed by atoms with van der Waals surface area (Å²) in [6, 6.07) is 0. The molecule has 5 atom stereocenters. The monoisotopic (exact) mass is 460 g/mol. The summed E-state index contributed by atoms with van der Waals surface area (Å²) in [5, 5.41) is 0. The number of allylic oxidation sites excluding steroid dienone is 4. The molecular weight excluding hydrogens is 433 g/mol. The van der Waals surface area contributed by atoms with Gasteiger partial charge in [0.05, 0.1) is 0 Å². The van der Waals surface area contributed by atoms with E-state index in [2.05, 4.69) is 17.2 Å². The van der Waals surface area contributed by atoms with Gasteiger partial charge in [0.15, 0.2) is 0 Å². The lowest BCUT2D eigenvalue weighted by molar-refractivity contribution is -0.148. The number of alkyl halides is 3. The summed E-state index contributed by atoms with van der Waals surface area (Å²) in [4.78, 5) is 11.4. The SMILES string of the molecule is CC(=O)O[C@H]1CC[C@@]2(C)C(=CC[C@H]3C4=CC=C(OS(=O)(=O)C(F)(F)F)[C@@]4(C)CCC32)C1. The highest BCUT2D eigenvalue weighted by Crippen LogP contribution is 2.64. The van der Waals surface area contributed by atoms with Gasteiger partial charge in [0, 0.05) is 18.8 Å². The molecule has 4 aliphatic rings. The molecule has 0 aliphatic heterocycles. The van der Waals surface area contributed by atoms with Crippen molar-refractivity contribution in [3.63, 3.8) is 0 Å². The maximum atomic E-state index is 12.9. The molecule has 2 fully saturated rings. The van der Waals surface area contributed by atoms with Crippen LogP contribution in [0.2, 0.25) is 0 Å². The third-order valence-corrected chi connectivity index (χ3v) is 8.82. The standard InChI is InChI=1S/C22H27F3O5S/c1-13(26)29-15-8-10-20(2)14(12-15)4-5-16-17-6-7-19(21(17,3)11-9-18(16)20)30-31(27,28)22(23,24)25/h4,6-7,15-16,18H,5,8-12H2,1-3H3/t15-,16-,18?,20-,21-/m0/s1. The van der Waals surface area contributed by atoms with Crippen molar-refractivity contribution in [3.05, 3.63) is 35.1 Å². The topological polar surface area (TPSA) is 69.7 Å². The van der Waals surface area contributed by atoms with Crippen LogP contribution in [0.25, 0.3) is 0 Å². The Balaban J connectivity index is 1.57. The molecule has 0 aromatic carbocycles. The van der Waals surface area contributed by atoms with Gasteiger partial charge in [-0.1, -0.05) is 30.2 Å². The molecular formula is C22H27F3O5S. The van der Waals surface area contributed by atoms with Crippen molar-refractivity contribution in [3.8, 4) is 0 Å². The van der Waals surface area contributed by atoms with E-state index in [1.165, 1.54) is 18.6 Å². The molecule has 0 spiro atoms. The predicted molar refractivity (Wildman–Crippen MR) is 107 cm³/mol. The summed E-state index contributed by atoms with van der Waals surface area (Å²) >= 11 is 0. The predicted octanol–water partition coefficient (Wildman–Crippen LogP) is 5.16. The Hall–Kier alpha value is -1.77. The zero-order valence-corrected chi connectivity index (χ0v) is 18.6. The lowest BCUT2D eigenvalue weighted by Gasteiger charge is -2.55. The summed E-state index contributed by atoms with van der Waals surface area (Å²) < 4.78 is 71.8. The summed E-state index contributed by atoms with van der Waals surface area (Å²) in [5.41, 5.74) is -4.13. The Morgan fingerprint density at radius 2 is 1.87 bits per heavy atom. The third-order valence-electron chi connectivity index (χ3n) is 7.85. The maximum absolute atomic E-state index is 12.9. The van der Waals surface area contributed by atoms with E-state index >= 15 is 0 Å². The van der Waals surface area contributed by atoms with Crippen molar-refractivity contribution in [2.75, 3.05) is 0 Å². The van der Waals surface area contributed by atoms with Crippen LogP contribution in [0.1, 0.15) is 59.3 Å². The minimum Gasteiger partial charge on any atom is -0.462 e. The van der Waals surface area contributed by atoms with Gasteiger partial charge >= 0.3 is 21.6 Å². The van der Waals surface area contributed by atoms with E-state index in [9.17, 15) is 26.4 Å². The van der Waals surface area contributed by atoms with Crippen molar-refractivity contribution < 1.29 is 35.3 Å². The Labute approximate surface area is 180 Å². The van der Waals surface area contributed by atoms with Crippen LogP contribution in [0.3, 0.4) is 0 Å². The Bertz CT molecular complexity index is 993. The van der Waals surface area contributed by atoms with Gasteiger partial charge in [-0.3, -0.25) is 4.79 Å². The lowest BCUT2D eigenvalue weighted by atomic mass is 9.49. The molecule has 1 unspecified atom stereocenters. The first-order valence-corrected chi connectivity index (χ1v) is 12.0. The van der Waals surface area contributed by atoms with Gasteiger partial charge in [0.1, 0.15) is 11.9 Å². The van der Waals surface area contributed by atoms with Gasteiger partial charge in [-0.2, -0.15) is 21.6 Å². The maximum Gasteiger partial charge on any atom is 0.534 e. The van der Waals surface area contributed by atoms with Crippen molar-refractivity contribution >= 4 is 16.1 Å². The van der Waals surface area contributed by atoms with Crippen LogP contribution < -0.4 is 0 Å². The fraction of sp³-hybridized carbons (Fsp3) is 0.682.